The number of fused-ring (bicyclic) bond motifs is 1. The summed E-state index contributed by atoms with van der Waals surface area (Å²) in [6.45, 7) is 1.88. The van der Waals surface area contributed by atoms with Gasteiger partial charge in [-0.05, 0) is 48.4 Å². The highest BCUT2D eigenvalue weighted by molar-refractivity contribution is 7.89. The lowest BCUT2D eigenvalue weighted by atomic mass is 9.98. The molecule has 28 heavy (non-hydrogen) atoms. The molecule has 0 saturated heterocycles. The summed E-state index contributed by atoms with van der Waals surface area (Å²) in [6.07, 6.45) is 0. The van der Waals surface area contributed by atoms with Crippen LogP contribution < -0.4 is 4.74 Å². The van der Waals surface area contributed by atoms with E-state index in [1.165, 1.54) is 19.2 Å². The zero-order valence-corrected chi connectivity index (χ0v) is 16.3. The average molecular weight is 393 g/mol. The fourth-order valence-electron chi connectivity index (χ4n) is 3.47. The summed E-state index contributed by atoms with van der Waals surface area (Å²) >= 11 is 0. The van der Waals surface area contributed by atoms with Gasteiger partial charge in [-0.2, -0.15) is 0 Å². The normalized spacial score (nSPS) is 16.1. The summed E-state index contributed by atoms with van der Waals surface area (Å²) in [4.78, 5) is 13.3. The minimum atomic E-state index is -4.05. The standard InChI is InChI=1S/C22H19NO4S/c1-15-8-11-18(12-9-15)28(25,26)23-21(16-6-4-3-5-7-16)20-14-17(27-2)10-13-19(20)22(23)24/h3-14,21H,1-2H3. The minimum Gasteiger partial charge on any atom is -0.497 e. The highest BCUT2D eigenvalue weighted by Crippen LogP contribution is 2.43. The van der Waals surface area contributed by atoms with Gasteiger partial charge >= 0.3 is 0 Å². The van der Waals surface area contributed by atoms with Gasteiger partial charge in [-0.25, -0.2) is 12.7 Å². The molecule has 0 N–H and O–H groups in total. The zero-order valence-electron chi connectivity index (χ0n) is 15.5. The number of methoxy groups -OCH3 is 1. The molecule has 0 aromatic heterocycles. The van der Waals surface area contributed by atoms with Gasteiger partial charge in [0, 0.05) is 5.56 Å². The third-order valence-electron chi connectivity index (χ3n) is 4.91. The van der Waals surface area contributed by atoms with Crippen molar-refractivity contribution in [2.75, 3.05) is 7.11 Å². The van der Waals surface area contributed by atoms with Gasteiger partial charge in [0.05, 0.1) is 18.0 Å². The zero-order chi connectivity index (χ0) is 19.9. The van der Waals surface area contributed by atoms with Crippen molar-refractivity contribution in [1.29, 1.82) is 0 Å². The molecule has 0 aliphatic carbocycles. The van der Waals surface area contributed by atoms with E-state index in [4.69, 9.17) is 4.74 Å². The van der Waals surface area contributed by atoms with Crippen molar-refractivity contribution < 1.29 is 17.9 Å². The van der Waals surface area contributed by atoms with E-state index in [1.807, 2.05) is 37.3 Å². The van der Waals surface area contributed by atoms with Crippen molar-refractivity contribution in [2.24, 2.45) is 0 Å². The molecule has 1 atom stereocenters. The molecule has 0 fully saturated rings. The molecule has 1 heterocycles. The highest BCUT2D eigenvalue weighted by atomic mass is 32.2. The maximum absolute atomic E-state index is 13.4. The van der Waals surface area contributed by atoms with E-state index in [2.05, 4.69) is 0 Å². The van der Waals surface area contributed by atoms with Crippen LogP contribution in [0.1, 0.15) is 33.1 Å². The van der Waals surface area contributed by atoms with Crippen LogP contribution in [0.15, 0.2) is 77.7 Å². The molecule has 142 valence electrons. The van der Waals surface area contributed by atoms with Crippen LogP contribution in [-0.4, -0.2) is 25.7 Å². The van der Waals surface area contributed by atoms with Gasteiger partial charge in [0.25, 0.3) is 15.9 Å². The van der Waals surface area contributed by atoms with Crippen LogP contribution in [0.2, 0.25) is 0 Å². The van der Waals surface area contributed by atoms with E-state index in [0.29, 0.717) is 16.9 Å². The summed E-state index contributed by atoms with van der Waals surface area (Å²) in [5.41, 5.74) is 2.65. The molecule has 1 aliphatic heterocycles. The fourth-order valence-corrected chi connectivity index (χ4v) is 5.01. The second kappa shape index (κ2) is 6.80. The smallest absolute Gasteiger partial charge is 0.268 e. The maximum Gasteiger partial charge on any atom is 0.268 e. The van der Waals surface area contributed by atoms with Crippen molar-refractivity contribution in [2.45, 2.75) is 17.9 Å². The monoisotopic (exact) mass is 393 g/mol. The molecular weight excluding hydrogens is 374 g/mol. The van der Waals surface area contributed by atoms with Crippen molar-refractivity contribution in [3.05, 3.63) is 95.1 Å². The predicted octanol–water partition coefficient (Wildman–Crippen LogP) is 3.94. The third kappa shape index (κ3) is 2.86. The maximum atomic E-state index is 13.4. The molecule has 1 unspecified atom stereocenters. The second-order valence-electron chi connectivity index (χ2n) is 6.69. The average Bonchev–Trinajstić information content (AvgIpc) is 3.01. The number of carbonyl (C=O) groups excluding carboxylic acids is 1. The number of hydrogen-bond donors (Lipinski definition) is 0. The van der Waals surface area contributed by atoms with Crippen molar-refractivity contribution >= 4 is 15.9 Å². The van der Waals surface area contributed by atoms with Gasteiger partial charge in [0.15, 0.2) is 0 Å². The number of amides is 1. The molecule has 1 amide bonds. The Balaban J connectivity index is 1.93. The van der Waals surface area contributed by atoms with Gasteiger partial charge in [-0.1, -0.05) is 48.0 Å². The molecule has 0 bridgehead atoms. The summed E-state index contributed by atoms with van der Waals surface area (Å²) in [6, 6.07) is 19.9. The molecule has 0 spiro atoms. The lowest BCUT2D eigenvalue weighted by Crippen LogP contribution is -2.35. The number of carbonyl (C=O) groups is 1. The SMILES string of the molecule is COc1ccc2c(c1)C(c1ccccc1)N(S(=O)(=O)c1ccc(C)cc1)C2=O. The van der Waals surface area contributed by atoms with Gasteiger partial charge in [-0.15, -0.1) is 0 Å². The molecule has 1 aliphatic rings. The molecule has 5 nitrogen and oxygen atoms in total. The first-order valence-corrected chi connectivity index (χ1v) is 10.3. The van der Waals surface area contributed by atoms with Gasteiger partial charge < -0.3 is 4.74 Å². The lowest BCUT2D eigenvalue weighted by molar-refractivity contribution is 0.0865. The summed E-state index contributed by atoms with van der Waals surface area (Å²) in [5.74, 6) is 0.0362. The Hall–Kier alpha value is -3.12. The van der Waals surface area contributed by atoms with Gasteiger partial charge in [-0.3, -0.25) is 4.79 Å². The van der Waals surface area contributed by atoms with Crippen molar-refractivity contribution in [3.8, 4) is 5.75 Å². The van der Waals surface area contributed by atoms with E-state index in [9.17, 15) is 13.2 Å². The Morgan fingerprint density at radius 1 is 0.929 bits per heavy atom. The first kappa shape index (κ1) is 18.3. The number of benzene rings is 3. The van der Waals surface area contributed by atoms with E-state index in [-0.39, 0.29) is 4.90 Å². The summed E-state index contributed by atoms with van der Waals surface area (Å²) in [5, 5.41) is 0. The van der Waals surface area contributed by atoms with Gasteiger partial charge in [0.1, 0.15) is 5.75 Å². The molecule has 3 aromatic rings. The number of sulfonamides is 1. The largest absolute Gasteiger partial charge is 0.497 e. The molecule has 4 rings (SSSR count). The molecule has 0 saturated carbocycles. The van der Waals surface area contributed by atoms with E-state index >= 15 is 0 Å². The summed E-state index contributed by atoms with van der Waals surface area (Å²) in [7, 11) is -2.51. The molecule has 3 aromatic carbocycles. The highest BCUT2D eigenvalue weighted by Gasteiger charge is 2.45. The number of ether oxygens (including phenoxy) is 1. The second-order valence-corrected chi connectivity index (χ2v) is 8.50. The molecule has 0 radical (unpaired) electrons. The number of hydrogen-bond acceptors (Lipinski definition) is 4. The lowest BCUT2D eigenvalue weighted by Gasteiger charge is -2.25. The number of nitrogens with zero attached hydrogens (tertiary/aromatic N) is 1. The first-order chi connectivity index (χ1) is 13.4. The van der Waals surface area contributed by atoms with Crippen LogP contribution in [0.3, 0.4) is 0 Å². The van der Waals surface area contributed by atoms with Crippen LogP contribution in [-0.2, 0) is 10.0 Å². The van der Waals surface area contributed by atoms with Crippen LogP contribution in [0.5, 0.6) is 5.75 Å². The Morgan fingerprint density at radius 2 is 1.61 bits per heavy atom. The number of aryl methyl sites for hydroxylation is 1. The van der Waals surface area contributed by atoms with E-state index in [1.54, 1.807) is 30.3 Å². The Bertz CT molecular complexity index is 1140. The Kier molecular flexibility index (Phi) is 4.43. The topological polar surface area (TPSA) is 63.7 Å². The van der Waals surface area contributed by atoms with E-state index < -0.39 is 22.0 Å². The van der Waals surface area contributed by atoms with Gasteiger partial charge in [0.2, 0.25) is 0 Å². The van der Waals surface area contributed by atoms with E-state index in [0.717, 1.165) is 15.4 Å². The van der Waals surface area contributed by atoms with Crippen LogP contribution in [0.25, 0.3) is 0 Å². The van der Waals surface area contributed by atoms with Crippen LogP contribution in [0.4, 0.5) is 0 Å². The fraction of sp³-hybridized carbons (Fsp3) is 0.136. The number of rotatable bonds is 4. The van der Waals surface area contributed by atoms with Crippen LogP contribution in [0, 0.1) is 6.92 Å². The van der Waals surface area contributed by atoms with Crippen molar-refractivity contribution in [3.63, 3.8) is 0 Å². The Labute approximate surface area is 164 Å². The molecule has 6 heteroatoms. The third-order valence-corrected chi connectivity index (χ3v) is 6.67. The predicted molar refractivity (Wildman–Crippen MR) is 106 cm³/mol. The quantitative estimate of drug-likeness (QED) is 0.674. The molecular formula is C22H19NO4S. The Morgan fingerprint density at radius 3 is 2.25 bits per heavy atom. The summed E-state index contributed by atoms with van der Waals surface area (Å²) < 4.78 is 33.2. The first-order valence-electron chi connectivity index (χ1n) is 8.82. The minimum absolute atomic E-state index is 0.0900. The van der Waals surface area contributed by atoms with Crippen LogP contribution >= 0.6 is 0 Å². The van der Waals surface area contributed by atoms with Crippen molar-refractivity contribution in [1.82, 2.24) is 4.31 Å².